The van der Waals surface area contributed by atoms with E-state index in [1.165, 1.54) is 7.11 Å². The van der Waals surface area contributed by atoms with E-state index in [0.717, 1.165) is 22.0 Å². The summed E-state index contributed by atoms with van der Waals surface area (Å²) in [6.07, 6.45) is 3.62. The number of ether oxygens (including phenoxy) is 1. The Morgan fingerprint density at radius 2 is 1.71 bits per heavy atom. The molecule has 3 aromatic carbocycles. The third kappa shape index (κ3) is 4.53. The van der Waals surface area contributed by atoms with Gasteiger partial charge in [-0.3, -0.25) is 4.79 Å². The van der Waals surface area contributed by atoms with Crippen molar-refractivity contribution in [2.45, 2.75) is 6.54 Å². The first-order valence-electron chi connectivity index (χ1n) is 9.79. The Morgan fingerprint density at radius 1 is 0.968 bits per heavy atom. The lowest BCUT2D eigenvalue weighted by Crippen LogP contribution is -2.17. The molecule has 1 N–H and O–H groups in total. The van der Waals surface area contributed by atoms with Crippen LogP contribution >= 0.6 is 0 Å². The van der Waals surface area contributed by atoms with Crippen molar-refractivity contribution < 1.29 is 14.3 Å². The van der Waals surface area contributed by atoms with E-state index in [-0.39, 0.29) is 11.9 Å². The Hall–Kier alpha value is -4.19. The Kier molecular flexibility index (Phi) is 5.89. The highest BCUT2D eigenvalue weighted by atomic mass is 16.5. The Bertz CT molecular complexity index is 1260. The highest BCUT2D eigenvalue weighted by Gasteiger charge is 2.10. The molecule has 6 heteroatoms. The van der Waals surface area contributed by atoms with E-state index in [1.54, 1.807) is 36.5 Å². The molecule has 0 unspecified atom stereocenters. The summed E-state index contributed by atoms with van der Waals surface area (Å²) in [6, 6.07) is 24.3. The summed E-state index contributed by atoms with van der Waals surface area (Å²) < 4.78 is 6.90. The second-order valence-electron chi connectivity index (χ2n) is 6.99. The number of carbonyl (C=O) groups is 2. The van der Waals surface area contributed by atoms with Gasteiger partial charge in [0.05, 0.1) is 18.9 Å². The lowest BCUT2D eigenvalue weighted by Gasteiger charge is -2.07. The Balaban J connectivity index is 1.58. The molecule has 0 saturated heterocycles. The van der Waals surface area contributed by atoms with E-state index in [4.69, 9.17) is 4.74 Å². The number of amides is 1. The molecule has 4 rings (SSSR count). The minimum absolute atomic E-state index is 0.264. The predicted molar refractivity (Wildman–Crippen MR) is 120 cm³/mol. The van der Waals surface area contributed by atoms with Crippen LogP contribution in [-0.2, 0) is 11.3 Å². The molecule has 0 aliphatic rings. The Labute approximate surface area is 179 Å². The molecule has 4 aromatic rings. The standard InChI is InChI=1S/C25H21N3O3/c1-31-25(30)20-11-7-8-18(14-20)16-28-17-21(22-12-5-6-13-23(22)28)15-26-27-24(29)19-9-3-2-4-10-19/h2-15,17H,16H2,1H3,(H,27,29)/b26-15-. The number of esters is 1. The number of rotatable bonds is 6. The zero-order valence-electron chi connectivity index (χ0n) is 17.0. The number of hydrogen-bond acceptors (Lipinski definition) is 4. The molecular weight excluding hydrogens is 390 g/mol. The monoisotopic (exact) mass is 411 g/mol. The van der Waals surface area contributed by atoms with Gasteiger partial charge in [-0.25, -0.2) is 10.2 Å². The maximum atomic E-state index is 12.2. The number of fused-ring (bicyclic) bond motifs is 1. The average molecular weight is 411 g/mol. The molecular formula is C25H21N3O3. The summed E-state index contributed by atoms with van der Waals surface area (Å²) in [4.78, 5) is 24.0. The molecule has 154 valence electrons. The van der Waals surface area contributed by atoms with Crippen molar-refractivity contribution in [2.75, 3.05) is 7.11 Å². The minimum Gasteiger partial charge on any atom is -0.465 e. The summed E-state index contributed by atoms with van der Waals surface area (Å²) in [7, 11) is 1.37. The van der Waals surface area contributed by atoms with Gasteiger partial charge in [-0.15, -0.1) is 0 Å². The van der Waals surface area contributed by atoms with Crippen molar-refractivity contribution in [3.05, 3.63) is 107 Å². The van der Waals surface area contributed by atoms with Crippen molar-refractivity contribution in [1.29, 1.82) is 0 Å². The fourth-order valence-corrected chi connectivity index (χ4v) is 3.43. The van der Waals surface area contributed by atoms with Crippen molar-refractivity contribution in [1.82, 2.24) is 9.99 Å². The zero-order valence-corrected chi connectivity index (χ0v) is 17.0. The maximum absolute atomic E-state index is 12.2. The summed E-state index contributed by atoms with van der Waals surface area (Å²) >= 11 is 0. The summed E-state index contributed by atoms with van der Waals surface area (Å²) in [5.74, 6) is -0.624. The normalized spacial score (nSPS) is 11.0. The van der Waals surface area contributed by atoms with E-state index in [0.29, 0.717) is 17.7 Å². The first kappa shape index (κ1) is 20.1. The highest BCUT2D eigenvalue weighted by molar-refractivity contribution is 6.00. The number of nitrogens with zero attached hydrogens (tertiary/aromatic N) is 2. The molecule has 1 heterocycles. The smallest absolute Gasteiger partial charge is 0.337 e. The number of methoxy groups -OCH3 is 1. The summed E-state index contributed by atoms with van der Waals surface area (Å²) in [5.41, 5.74) is 6.52. The number of nitrogens with one attached hydrogen (secondary N) is 1. The predicted octanol–water partition coefficient (Wildman–Crippen LogP) is 4.24. The van der Waals surface area contributed by atoms with Gasteiger partial charge in [0.25, 0.3) is 5.91 Å². The molecule has 0 aliphatic carbocycles. The summed E-state index contributed by atoms with van der Waals surface area (Å²) in [5, 5.41) is 5.16. The van der Waals surface area contributed by atoms with Gasteiger partial charge >= 0.3 is 5.97 Å². The maximum Gasteiger partial charge on any atom is 0.337 e. The van der Waals surface area contributed by atoms with Gasteiger partial charge in [0.1, 0.15) is 0 Å². The topological polar surface area (TPSA) is 72.7 Å². The minimum atomic E-state index is -0.360. The van der Waals surface area contributed by atoms with Crippen molar-refractivity contribution >= 4 is 29.0 Å². The first-order valence-corrected chi connectivity index (χ1v) is 9.79. The molecule has 0 fully saturated rings. The number of aromatic nitrogens is 1. The van der Waals surface area contributed by atoms with Crippen LogP contribution in [0.25, 0.3) is 10.9 Å². The number of para-hydroxylation sites is 1. The number of carbonyl (C=O) groups excluding carboxylic acids is 2. The van der Waals surface area contributed by atoms with E-state index < -0.39 is 0 Å². The van der Waals surface area contributed by atoms with E-state index in [2.05, 4.69) is 15.1 Å². The molecule has 6 nitrogen and oxygen atoms in total. The van der Waals surface area contributed by atoms with Crippen LogP contribution in [0.15, 0.2) is 90.2 Å². The van der Waals surface area contributed by atoms with E-state index in [9.17, 15) is 9.59 Å². The largest absolute Gasteiger partial charge is 0.465 e. The second kappa shape index (κ2) is 9.09. The van der Waals surface area contributed by atoms with Crippen molar-refractivity contribution in [3.8, 4) is 0 Å². The van der Waals surface area contributed by atoms with Crippen LogP contribution in [-0.4, -0.2) is 29.8 Å². The zero-order chi connectivity index (χ0) is 21.6. The molecule has 1 aromatic heterocycles. The molecule has 0 atom stereocenters. The van der Waals surface area contributed by atoms with Crippen LogP contribution < -0.4 is 5.43 Å². The van der Waals surface area contributed by atoms with Crippen LogP contribution in [0, 0.1) is 0 Å². The quantitative estimate of drug-likeness (QED) is 0.293. The number of hydrazone groups is 1. The molecule has 0 radical (unpaired) electrons. The van der Waals surface area contributed by atoms with Gasteiger partial charge < -0.3 is 9.30 Å². The lowest BCUT2D eigenvalue weighted by atomic mass is 10.1. The molecule has 0 bridgehead atoms. The van der Waals surface area contributed by atoms with Gasteiger partial charge in [-0.05, 0) is 35.9 Å². The number of benzene rings is 3. The molecule has 31 heavy (non-hydrogen) atoms. The third-order valence-electron chi connectivity index (χ3n) is 4.93. The van der Waals surface area contributed by atoms with Crippen LogP contribution in [0.4, 0.5) is 0 Å². The summed E-state index contributed by atoms with van der Waals surface area (Å²) in [6.45, 7) is 0.579. The fourth-order valence-electron chi connectivity index (χ4n) is 3.43. The fraction of sp³-hybridized carbons (Fsp3) is 0.0800. The van der Waals surface area contributed by atoms with Crippen molar-refractivity contribution in [3.63, 3.8) is 0 Å². The van der Waals surface area contributed by atoms with E-state index in [1.807, 2.05) is 54.7 Å². The average Bonchev–Trinajstić information content (AvgIpc) is 3.16. The third-order valence-corrected chi connectivity index (χ3v) is 4.93. The van der Waals surface area contributed by atoms with Crippen molar-refractivity contribution in [2.24, 2.45) is 5.10 Å². The Morgan fingerprint density at radius 3 is 2.52 bits per heavy atom. The van der Waals surface area contributed by atoms with Crippen LogP contribution in [0.5, 0.6) is 0 Å². The van der Waals surface area contributed by atoms with Gasteiger partial charge in [0.15, 0.2) is 0 Å². The van der Waals surface area contributed by atoms with Gasteiger partial charge in [-0.2, -0.15) is 5.10 Å². The second-order valence-corrected chi connectivity index (χ2v) is 6.99. The van der Waals surface area contributed by atoms with Crippen LogP contribution in [0.3, 0.4) is 0 Å². The lowest BCUT2D eigenvalue weighted by molar-refractivity contribution is 0.0600. The molecule has 0 aliphatic heterocycles. The van der Waals surface area contributed by atoms with E-state index >= 15 is 0 Å². The SMILES string of the molecule is COC(=O)c1cccc(Cn2cc(/C=N\NC(=O)c3ccccc3)c3ccccc32)c1. The van der Waals surface area contributed by atoms with Gasteiger partial charge in [0.2, 0.25) is 0 Å². The van der Waals surface area contributed by atoms with Gasteiger partial charge in [-0.1, -0.05) is 48.5 Å². The van der Waals surface area contributed by atoms with Crippen LogP contribution in [0.2, 0.25) is 0 Å². The number of hydrogen-bond donors (Lipinski definition) is 1. The molecule has 1 amide bonds. The first-order chi connectivity index (χ1) is 15.2. The molecule has 0 spiro atoms. The van der Waals surface area contributed by atoms with Gasteiger partial charge in [0, 0.05) is 34.8 Å². The highest BCUT2D eigenvalue weighted by Crippen LogP contribution is 2.21. The van der Waals surface area contributed by atoms with Crippen LogP contribution in [0.1, 0.15) is 31.8 Å². The molecule has 0 saturated carbocycles.